The van der Waals surface area contributed by atoms with Crippen LogP contribution in [0.3, 0.4) is 0 Å². The van der Waals surface area contributed by atoms with E-state index in [0.29, 0.717) is 5.02 Å². The topological polar surface area (TPSA) is 52.2 Å². The van der Waals surface area contributed by atoms with E-state index < -0.39 is 6.09 Å². The van der Waals surface area contributed by atoms with Crippen molar-refractivity contribution in [2.24, 2.45) is 0 Å². The largest absolute Gasteiger partial charge is 0.530 e. The molecule has 0 aliphatic rings. The number of carboxylic acid groups (broad SMARTS) is 1. The normalized spacial score (nSPS) is 12.2. The Balaban J connectivity index is 2.71. The van der Waals surface area contributed by atoms with Crippen LogP contribution in [-0.2, 0) is 0 Å². The van der Waals surface area contributed by atoms with Crippen LogP contribution in [0.5, 0.6) is 0 Å². The summed E-state index contributed by atoms with van der Waals surface area (Å²) in [5.74, 6) is 0. The van der Waals surface area contributed by atoms with Gasteiger partial charge < -0.3 is 15.2 Å². The van der Waals surface area contributed by atoms with Crippen molar-refractivity contribution < 1.29 is 9.90 Å². The molecule has 0 saturated carbocycles. The van der Waals surface area contributed by atoms with Gasteiger partial charge in [0, 0.05) is 11.1 Å². The minimum atomic E-state index is -1.28. The van der Waals surface area contributed by atoms with Crippen molar-refractivity contribution in [2.45, 2.75) is 13.0 Å². The van der Waals surface area contributed by atoms with Gasteiger partial charge in [0.1, 0.15) is 6.09 Å². The number of amides is 1. The van der Waals surface area contributed by atoms with Crippen LogP contribution in [0.15, 0.2) is 24.3 Å². The van der Waals surface area contributed by atoms with Crippen molar-refractivity contribution in [3.05, 3.63) is 34.9 Å². The zero-order valence-electron chi connectivity index (χ0n) is 7.08. The Hall–Kier alpha value is -1.22. The third-order valence-corrected chi connectivity index (χ3v) is 1.96. The van der Waals surface area contributed by atoms with Crippen molar-refractivity contribution in [2.75, 3.05) is 0 Å². The molecule has 0 aliphatic carbocycles. The number of hydrogen-bond acceptors (Lipinski definition) is 2. The number of carbonyl (C=O) groups is 1. The minimum Gasteiger partial charge on any atom is -0.530 e. The van der Waals surface area contributed by atoms with E-state index in [9.17, 15) is 9.90 Å². The highest BCUT2D eigenvalue weighted by Gasteiger charge is 2.03. The van der Waals surface area contributed by atoms with E-state index in [1.165, 1.54) is 0 Å². The molecule has 0 radical (unpaired) electrons. The second kappa shape index (κ2) is 4.14. The van der Waals surface area contributed by atoms with E-state index in [-0.39, 0.29) is 6.04 Å². The summed E-state index contributed by atoms with van der Waals surface area (Å²) in [6.07, 6.45) is -1.28. The molecule has 1 aromatic carbocycles. The molecule has 1 amide bonds. The average Bonchev–Trinajstić information content (AvgIpc) is 2.04. The fraction of sp³-hybridized carbons (Fsp3) is 0.222. The highest BCUT2D eigenvalue weighted by Crippen LogP contribution is 2.15. The molecule has 0 fully saturated rings. The minimum absolute atomic E-state index is 0.276. The van der Waals surface area contributed by atoms with Gasteiger partial charge in [-0.3, -0.25) is 0 Å². The molecule has 0 aromatic heterocycles. The lowest BCUT2D eigenvalue weighted by Crippen LogP contribution is -2.37. The standard InChI is InChI=1S/C9H10ClNO2/c1-6(11-9(12)13)7-2-4-8(10)5-3-7/h2-6,11H,1H3,(H,12,13)/p-1. The number of carbonyl (C=O) groups excluding carboxylic acids is 1. The predicted octanol–water partition coefficient (Wildman–Crippen LogP) is 1.33. The smallest absolute Gasteiger partial charge is 0.134 e. The fourth-order valence-corrected chi connectivity index (χ4v) is 1.14. The summed E-state index contributed by atoms with van der Waals surface area (Å²) in [4.78, 5) is 10.2. The summed E-state index contributed by atoms with van der Waals surface area (Å²) in [5, 5.41) is 13.1. The van der Waals surface area contributed by atoms with E-state index in [1.807, 2.05) is 0 Å². The van der Waals surface area contributed by atoms with Crippen LogP contribution in [0.1, 0.15) is 18.5 Å². The summed E-state index contributed by atoms with van der Waals surface area (Å²) < 4.78 is 0. The quantitative estimate of drug-likeness (QED) is 0.780. The van der Waals surface area contributed by atoms with Gasteiger partial charge in [-0.1, -0.05) is 23.7 Å². The van der Waals surface area contributed by atoms with Gasteiger partial charge in [-0.2, -0.15) is 0 Å². The van der Waals surface area contributed by atoms with Crippen LogP contribution < -0.4 is 10.4 Å². The summed E-state index contributed by atoms with van der Waals surface area (Å²) in [6.45, 7) is 1.74. The van der Waals surface area contributed by atoms with E-state index in [1.54, 1.807) is 31.2 Å². The zero-order valence-corrected chi connectivity index (χ0v) is 7.84. The maximum atomic E-state index is 10.2. The highest BCUT2D eigenvalue weighted by atomic mass is 35.5. The van der Waals surface area contributed by atoms with Crippen LogP contribution in [0.25, 0.3) is 0 Å². The Kier molecular flexibility index (Phi) is 3.14. The second-order valence-corrected chi connectivity index (χ2v) is 3.14. The number of halogens is 1. The lowest BCUT2D eigenvalue weighted by molar-refractivity contribution is -0.251. The molecule has 1 atom stereocenters. The first-order valence-electron chi connectivity index (χ1n) is 3.82. The molecule has 0 heterocycles. The second-order valence-electron chi connectivity index (χ2n) is 2.71. The Bertz CT molecular complexity index is 297. The zero-order chi connectivity index (χ0) is 9.84. The van der Waals surface area contributed by atoms with Crippen molar-refractivity contribution in [1.29, 1.82) is 0 Å². The van der Waals surface area contributed by atoms with E-state index in [4.69, 9.17) is 11.6 Å². The number of rotatable bonds is 2. The molecule has 70 valence electrons. The molecule has 0 spiro atoms. The van der Waals surface area contributed by atoms with Crippen LogP contribution in [0.2, 0.25) is 5.02 Å². The van der Waals surface area contributed by atoms with Gasteiger partial charge in [-0.25, -0.2) is 0 Å². The third kappa shape index (κ3) is 2.95. The molecule has 0 bridgehead atoms. The number of hydrogen-bond donors (Lipinski definition) is 1. The highest BCUT2D eigenvalue weighted by molar-refractivity contribution is 6.30. The van der Waals surface area contributed by atoms with Gasteiger partial charge in [-0.05, 0) is 24.6 Å². The molecule has 1 unspecified atom stereocenters. The van der Waals surface area contributed by atoms with Gasteiger partial charge in [-0.15, -0.1) is 0 Å². The third-order valence-electron chi connectivity index (χ3n) is 1.70. The van der Waals surface area contributed by atoms with Crippen LogP contribution in [-0.4, -0.2) is 6.09 Å². The Morgan fingerprint density at radius 1 is 1.46 bits per heavy atom. The first-order chi connectivity index (χ1) is 6.09. The fourth-order valence-electron chi connectivity index (χ4n) is 1.01. The molecule has 1 N–H and O–H groups in total. The van der Waals surface area contributed by atoms with E-state index in [2.05, 4.69) is 5.32 Å². The van der Waals surface area contributed by atoms with Gasteiger partial charge in [0.15, 0.2) is 0 Å². The van der Waals surface area contributed by atoms with Crippen LogP contribution in [0, 0.1) is 0 Å². The molecular weight excluding hydrogens is 190 g/mol. The van der Waals surface area contributed by atoms with Gasteiger partial charge in [0.2, 0.25) is 0 Å². The first kappa shape index (κ1) is 9.86. The molecule has 3 nitrogen and oxygen atoms in total. The van der Waals surface area contributed by atoms with Crippen LogP contribution >= 0.6 is 11.6 Å². The van der Waals surface area contributed by atoms with Crippen molar-refractivity contribution in [3.63, 3.8) is 0 Å². The summed E-state index contributed by atoms with van der Waals surface area (Å²) in [6, 6.07) is 6.68. The summed E-state index contributed by atoms with van der Waals surface area (Å²) in [7, 11) is 0. The SMILES string of the molecule is CC(NC(=O)[O-])c1ccc(Cl)cc1. The maximum Gasteiger partial charge on any atom is 0.134 e. The predicted molar refractivity (Wildman–Crippen MR) is 48.4 cm³/mol. The van der Waals surface area contributed by atoms with Crippen molar-refractivity contribution in [3.8, 4) is 0 Å². The Labute approximate surface area is 81.3 Å². The van der Waals surface area contributed by atoms with Crippen LogP contribution in [0.4, 0.5) is 4.79 Å². The maximum absolute atomic E-state index is 10.2. The lowest BCUT2D eigenvalue weighted by atomic mass is 10.1. The van der Waals surface area contributed by atoms with Gasteiger partial charge >= 0.3 is 0 Å². The van der Waals surface area contributed by atoms with E-state index >= 15 is 0 Å². The number of nitrogens with one attached hydrogen (secondary N) is 1. The van der Waals surface area contributed by atoms with Gasteiger partial charge in [0.05, 0.1) is 0 Å². The summed E-state index contributed by atoms with van der Waals surface area (Å²) in [5.41, 5.74) is 0.855. The van der Waals surface area contributed by atoms with Crippen molar-refractivity contribution in [1.82, 2.24) is 5.32 Å². The average molecular weight is 199 g/mol. The first-order valence-corrected chi connectivity index (χ1v) is 4.20. The summed E-state index contributed by atoms with van der Waals surface area (Å²) >= 11 is 5.67. The molecule has 1 rings (SSSR count). The van der Waals surface area contributed by atoms with E-state index in [0.717, 1.165) is 5.56 Å². The Morgan fingerprint density at radius 2 is 2.00 bits per heavy atom. The molecule has 13 heavy (non-hydrogen) atoms. The number of benzene rings is 1. The lowest BCUT2D eigenvalue weighted by Gasteiger charge is -2.15. The molecular formula is C9H9ClNO2-. The van der Waals surface area contributed by atoms with Crippen molar-refractivity contribution >= 4 is 17.7 Å². The molecule has 0 aliphatic heterocycles. The van der Waals surface area contributed by atoms with Gasteiger partial charge in [0.25, 0.3) is 0 Å². The molecule has 4 heteroatoms. The molecule has 0 saturated heterocycles. The molecule has 1 aromatic rings. The monoisotopic (exact) mass is 198 g/mol. The Morgan fingerprint density at radius 3 is 2.46 bits per heavy atom.